The number of nitrogens with zero attached hydrogens (tertiary/aromatic N) is 2. The van der Waals surface area contributed by atoms with Gasteiger partial charge >= 0.3 is 0 Å². The number of aromatic nitrogens is 2. The number of hydrogen-bond acceptors (Lipinski definition) is 2. The van der Waals surface area contributed by atoms with E-state index in [-0.39, 0.29) is 19.5 Å². The summed E-state index contributed by atoms with van der Waals surface area (Å²) in [5, 5.41) is 0. The Kier molecular flexibility index (Phi) is 5.64. The molecule has 0 unspecified atom stereocenters. The second-order valence-electron chi connectivity index (χ2n) is 6.31. The molecule has 0 radical (unpaired) electrons. The van der Waals surface area contributed by atoms with Gasteiger partial charge in [0.25, 0.3) is 0 Å². The van der Waals surface area contributed by atoms with Gasteiger partial charge in [0.1, 0.15) is 0 Å². The van der Waals surface area contributed by atoms with Gasteiger partial charge in [-0.25, -0.2) is 0 Å². The van der Waals surface area contributed by atoms with Crippen molar-refractivity contribution in [3.05, 3.63) is 48.3 Å². The van der Waals surface area contributed by atoms with Crippen LogP contribution >= 0.6 is 0 Å². The third kappa shape index (κ3) is 4.20. The summed E-state index contributed by atoms with van der Waals surface area (Å²) in [7, 11) is 0. The van der Waals surface area contributed by atoms with Gasteiger partial charge in [-0.15, -0.1) is 0 Å². The first-order valence-corrected chi connectivity index (χ1v) is 7.62. The number of rotatable bonds is 3. The molecule has 1 aliphatic carbocycles. The molecule has 2 aromatic heterocycles. The van der Waals surface area contributed by atoms with Crippen molar-refractivity contribution in [3.8, 4) is 11.4 Å². The Morgan fingerprint density at radius 1 is 0.952 bits per heavy atom. The molecule has 0 atom stereocenters. The third-order valence-corrected chi connectivity index (χ3v) is 4.44. The van der Waals surface area contributed by atoms with Crippen LogP contribution in [0, 0.1) is 5.41 Å². The van der Waals surface area contributed by atoms with Crippen molar-refractivity contribution in [3.63, 3.8) is 0 Å². The topological polar surface area (TPSA) is 25.8 Å². The van der Waals surface area contributed by atoms with Crippen molar-refractivity contribution in [2.24, 2.45) is 5.41 Å². The van der Waals surface area contributed by atoms with Crippen LogP contribution in [0.15, 0.2) is 42.7 Å². The van der Waals surface area contributed by atoms with E-state index in [1.54, 1.807) is 0 Å². The van der Waals surface area contributed by atoms with Crippen LogP contribution in [-0.2, 0) is 25.9 Å². The van der Waals surface area contributed by atoms with Crippen LogP contribution in [0.2, 0.25) is 0 Å². The SMILES string of the molecule is CC1(Cc2ccc(-c3ccccn3)nc2)CCCCC1.[Ru]. The molecule has 2 aromatic rings. The van der Waals surface area contributed by atoms with Crippen molar-refractivity contribution >= 4 is 0 Å². The van der Waals surface area contributed by atoms with Crippen molar-refractivity contribution in [1.82, 2.24) is 9.97 Å². The van der Waals surface area contributed by atoms with Crippen LogP contribution in [-0.4, -0.2) is 9.97 Å². The molecular formula is C18H22N2Ru. The molecule has 0 bridgehead atoms. The first-order chi connectivity index (χ1) is 9.75. The van der Waals surface area contributed by atoms with Gasteiger partial charge in [0.2, 0.25) is 0 Å². The molecule has 3 rings (SSSR count). The average Bonchev–Trinajstić information content (AvgIpc) is 2.49. The molecule has 0 N–H and O–H groups in total. The molecule has 21 heavy (non-hydrogen) atoms. The van der Waals surface area contributed by atoms with Gasteiger partial charge in [0.15, 0.2) is 0 Å². The molecule has 1 fully saturated rings. The molecule has 0 saturated heterocycles. The van der Waals surface area contributed by atoms with Crippen LogP contribution in [0.5, 0.6) is 0 Å². The van der Waals surface area contributed by atoms with Crippen molar-refractivity contribution in [2.45, 2.75) is 45.4 Å². The van der Waals surface area contributed by atoms with E-state index in [0.717, 1.165) is 17.8 Å². The fourth-order valence-corrected chi connectivity index (χ4v) is 3.27. The fourth-order valence-electron chi connectivity index (χ4n) is 3.27. The Balaban J connectivity index is 0.00000161. The zero-order chi connectivity index (χ0) is 13.8. The summed E-state index contributed by atoms with van der Waals surface area (Å²) < 4.78 is 0. The third-order valence-electron chi connectivity index (χ3n) is 4.44. The molecule has 1 aliphatic rings. The molecule has 1 saturated carbocycles. The Bertz CT molecular complexity index is 545. The first-order valence-electron chi connectivity index (χ1n) is 7.62. The normalized spacial score (nSPS) is 17.0. The predicted molar refractivity (Wildman–Crippen MR) is 82.4 cm³/mol. The van der Waals surface area contributed by atoms with Crippen LogP contribution in [0.25, 0.3) is 11.4 Å². The molecule has 0 spiro atoms. The van der Waals surface area contributed by atoms with Gasteiger partial charge in [-0.05, 0) is 48.4 Å². The molecule has 0 aliphatic heterocycles. The minimum Gasteiger partial charge on any atom is -0.255 e. The molecule has 112 valence electrons. The predicted octanol–water partition coefficient (Wildman–Crippen LogP) is 4.65. The summed E-state index contributed by atoms with van der Waals surface area (Å²) in [6.45, 7) is 2.43. The van der Waals surface area contributed by atoms with E-state index in [0.29, 0.717) is 5.41 Å². The van der Waals surface area contributed by atoms with E-state index >= 15 is 0 Å². The Morgan fingerprint density at radius 2 is 1.71 bits per heavy atom. The maximum absolute atomic E-state index is 4.58. The minimum atomic E-state index is 0. The Hall–Kier alpha value is -1.08. The molecule has 3 heteroatoms. The summed E-state index contributed by atoms with van der Waals surface area (Å²) in [6, 6.07) is 10.3. The molecule has 0 aromatic carbocycles. The van der Waals surface area contributed by atoms with Gasteiger partial charge in [-0.3, -0.25) is 9.97 Å². The van der Waals surface area contributed by atoms with Crippen LogP contribution < -0.4 is 0 Å². The molecule has 2 nitrogen and oxygen atoms in total. The average molecular weight is 367 g/mol. The van der Waals surface area contributed by atoms with Gasteiger partial charge < -0.3 is 0 Å². The smallest absolute Gasteiger partial charge is 0.0886 e. The van der Waals surface area contributed by atoms with Crippen molar-refractivity contribution in [2.75, 3.05) is 0 Å². The second-order valence-corrected chi connectivity index (χ2v) is 6.31. The number of hydrogen-bond donors (Lipinski definition) is 0. The van der Waals surface area contributed by atoms with Crippen molar-refractivity contribution < 1.29 is 19.5 Å². The fraction of sp³-hybridized carbons (Fsp3) is 0.444. The van der Waals surface area contributed by atoms with Crippen LogP contribution in [0.1, 0.15) is 44.6 Å². The van der Waals surface area contributed by atoms with Crippen LogP contribution in [0.4, 0.5) is 0 Å². The zero-order valence-corrected chi connectivity index (χ0v) is 14.3. The van der Waals surface area contributed by atoms with E-state index in [1.807, 2.05) is 30.6 Å². The quantitative estimate of drug-likeness (QED) is 0.738. The van der Waals surface area contributed by atoms with Gasteiger partial charge in [-0.1, -0.05) is 38.3 Å². The van der Waals surface area contributed by atoms with E-state index in [2.05, 4.69) is 29.0 Å². The Morgan fingerprint density at radius 3 is 2.33 bits per heavy atom. The Labute approximate surface area is 140 Å². The largest absolute Gasteiger partial charge is 0.255 e. The first kappa shape index (κ1) is 16.3. The van der Waals surface area contributed by atoms with Gasteiger partial charge in [-0.2, -0.15) is 0 Å². The van der Waals surface area contributed by atoms with E-state index in [1.165, 1.54) is 37.7 Å². The summed E-state index contributed by atoms with van der Waals surface area (Å²) in [5.74, 6) is 0. The van der Waals surface area contributed by atoms with E-state index in [4.69, 9.17) is 0 Å². The molecule has 0 amide bonds. The summed E-state index contributed by atoms with van der Waals surface area (Å²) in [5.41, 5.74) is 3.74. The van der Waals surface area contributed by atoms with E-state index in [9.17, 15) is 0 Å². The second kappa shape index (κ2) is 7.27. The van der Waals surface area contributed by atoms with Crippen LogP contribution in [0.3, 0.4) is 0 Å². The zero-order valence-electron chi connectivity index (χ0n) is 12.5. The van der Waals surface area contributed by atoms with E-state index < -0.39 is 0 Å². The standard InChI is InChI=1S/C18H22N2.Ru/c1-18(10-4-2-5-11-18)13-15-8-9-17(20-14-15)16-7-3-6-12-19-16;/h3,6-9,12,14H,2,4-5,10-11,13H2,1H3;. The number of pyridine rings is 2. The van der Waals surface area contributed by atoms with Gasteiger partial charge in [0.05, 0.1) is 11.4 Å². The molecular weight excluding hydrogens is 345 g/mol. The van der Waals surface area contributed by atoms with Gasteiger partial charge in [0, 0.05) is 31.9 Å². The molecule has 2 heterocycles. The maximum atomic E-state index is 4.58. The summed E-state index contributed by atoms with van der Waals surface area (Å²) in [6.07, 6.45) is 11.9. The minimum absolute atomic E-state index is 0. The maximum Gasteiger partial charge on any atom is 0.0886 e. The van der Waals surface area contributed by atoms with Crippen molar-refractivity contribution in [1.29, 1.82) is 0 Å². The summed E-state index contributed by atoms with van der Waals surface area (Å²) in [4.78, 5) is 8.93. The summed E-state index contributed by atoms with van der Waals surface area (Å²) >= 11 is 0. The monoisotopic (exact) mass is 368 g/mol.